The van der Waals surface area contributed by atoms with Gasteiger partial charge in [0.25, 0.3) is 5.91 Å². The first-order valence-corrected chi connectivity index (χ1v) is 12.7. The molecule has 1 atom stereocenters. The van der Waals surface area contributed by atoms with Crippen LogP contribution < -0.4 is 10.2 Å². The van der Waals surface area contributed by atoms with E-state index in [1.54, 1.807) is 24.5 Å². The van der Waals surface area contributed by atoms with Crippen LogP contribution in [0.4, 0.5) is 5.69 Å². The highest BCUT2D eigenvalue weighted by Crippen LogP contribution is 2.28. The second-order valence-electron chi connectivity index (χ2n) is 9.77. The topological polar surface area (TPSA) is 106 Å². The Morgan fingerprint density at radius 2 is 1.55 bits per heavy atom. The maximum atomic E-state index is 13.9. The fourth-order valence-corrected chi connectivity index (χ4v) is 4.01. The molecule has 38 heavy (non-hydrogen) atoms. The molecule has 0 aliphatic carbocycles. The van der Waals surface area contributed by atoms with Crippen molar-refractivity contribution in [2.45, 2.75) is 46.7 Å². The molecule has 1 N–H and O–H groups in total. The van der Waals surface area contributed by atoms with Gasteiger partial charge in [0.2, 0.25) is 11.7 Å². The zero-order valence-electron chi connectivity index (χ0n) is 22.2. The predicted octanol–water partition coefficient (Wildman–Crippen LogP) is 4.29. The molecule has 0 aliphatic rings. The van der Waals surface area contributed by atoms with Crippen LogP contribution in [-0.2, 0) is 16.1 Å². The number of aromatic nitrogens is 5. The van der Waals surface area contributed by atoms with Crippen molar-refractivity contribution in [1.82, 2.24) is 30.5 Å². The number of aryl methyl sites for hydroxylation is 2. The fourth-order valence-electron chi connectivity index (χ4n) is 4.01. The molecule has 4 aromatic rings. The summed E-state index contributed by atoms with van der Waals surface area (Å²) in [5, 5.41) is 15.7. The summed E-state index contributed by atoms with van der Waals surface area (Å²) in [5.74, 6) is 0.252. The number of hydrogen-bond donors (Lipinski definition) is 1. The third-order valence-corrected chi connectivity index (χ3v) is 6.17. The van der Waals surface area contributed by atoms with Crippen LogP contribution >= 0.6 is 0 Å². The van der Waals surface area contributed by atoms with E-state index in [1.165, 1.54) is 9.70 Å². The minimum Gasteiger partial charge on any atom is -0.354 e. The second kappa shape index (κ2) is 12.2. The molecule has 0 aliphatic heterocycles. The number of benzene rings is 2. The quantitative estimate of drug-likeness (QED) is 0.341. The highest BCUT2D eigenvalue weighted by atomic mass is 16.2. The summed E-state index contributed by atoms with van der Waals surface area (Å²) < 4.78 is 0. The standard InChI is InChI=1S/C29H33N7O2/c1-20(2)13-18-31-29(38)27(23-14-16-30-17-15-23)36(25-11-7-22(4)8-12-25)26(37)19-35-33-28(32-34-35)24-9-5-21(3)6-10-24/h5-12,14-17,20,27H,13,18-19H2,1-4H3,(H,31,38)/t27-/m0/s1. The zero-order chi connectivity index (χ0) is 27.1. The Morgan fingerprint density at radius 3 is 2.18 bits per heavy atom. The third-order valence-electron chi connectivity index (χ3n) is 6.17. The van der Waals surface area contributed by atoms with Crippen LogP contribution in [0.15, 0.2) is 73.1 Å². The van der Waals surface area contributed by atoms with Crippen LogP contribution in [0.2, 0.25) is 0 Å². The number of anilines is 1. The van der Waals surface area contributed by atoms with E-state index in [0.717, 1.165) is 23.1 Å². The van der Waals surface area contributed by atoms with Gasteiger partial charge in [-0.3, -0.25) is 19.5 Å². The summed E-state index contributed by atoms with van der Waals surface area (Å²) in [4.78, 5) is 34.4. The number of nitrogens with zero attached hydrogens (tertiary/aromatic N) is 6. The summed E-state index contributed by atoms with van der Waals surface area (Å²) in [5.41, 5.74) is 4.23. The Kier molecular flexibility index (Phi) is 8.58. The van der Waals surface area contributed by atoms with Crippen molar-refractivity contribution >= 4 is 17.5 Å². The van der Waals surface area contributed by atoms with Crippen molar-refractivity contribution in [3.63, 3.8) is 0 Å². The van der Waals surface area contributed by atoms with Crippen LogP contribution in [0.3, 0.4) is 0 Å². The van der Waals surface area contributed by atoms with Crippen molar-refractivity contribution in [1.29, 1.82) is 0 Å². The van der Waals surface area contributed by atoms with Gasteiger partial charge in [-0.25, -0.2) is 0 Å². The molecule has 2 aromatic carbocycles. The SMILES string of the molecule is Cc1ccc(-c2nnn(CC(=O)N(c3ccc(C)cc3)[C@H](C(=O)NCCC(C)C)c3ccncc3)n2)cc1. The van der Waals surface area contributed by atoms with Gasteiger partial charge in [-0.05, 0) is 61.2 Å². The molecule has 2 heterocycles. The van der Waals surface area contributed by atoms with E-state index in [0.29, 0.717) is 29.5 Å². The van der Waals surface area contributed by atoms with E-state index in [9.17, 15) is 9.59 Å². The molecular formula is C29H33N7O2. The number of hydrogen-bond acceptors (Lipinski definition) is 6. The van der Waals surface area contributed by atoms with Gasteiger partial charge in [0.1, 0.15) is 12.6 Å². The van der Waals surface area contributed by atoms with Gasteiger partial charge in [-0.2, -0.15) is 4.80 Å². The van der Waals surface area contributed by atoms with Crippen molar-refractivity contribution in [3.8, 4) is 11.4 Å². The van der Waals surface area contributed by atoms with Gasteiger partial charge in [0, 0.05) is 30.2 Å². The highest BCUT2D eigenvalue weighted by molar-refractivity contribution is 6.01. The summed E-state index contributed by atoms with van der Waals surface area (Å²) in [6, 6.07) is 17.9. The number of carbonyl (C=O) groups excluding carboxylic acids is 2. The van der Waals surface area contributed by atoms with Crippen molar-refractivity contribution < 1.29 is 9.59 Å². The van der Waals surface area contributed by atoms with Gasteiger partial charge in [0.15, 0.2) is 0 Å². The van der Waals surface area contributed by atoms with Crippen LogP contribution in [-0.4, -0.2) is 43.6 Å². The Balaban J connectivity index is 1.67. The Bertz CT molecular complexity index is 1350. The molecule has 196 valence electrons. The zero-order valence-corrected chi connectivity index (χ0v) is 22.2. The van der Waals surface area contributed by atoms with Gasteiger partial charge >= 0.3 is 0 Å². The maximum Gasteiger partial charge on any atom is 0.251 e. The summed E-state index contributed by atoms with van der Waals surface area (Å²) in [7, 11) is 0. The lowest BCUT2D eigenvalue weighted by Crippen LogP contribution is -2.45. The number of nitrogens with one attached hydrogen (secondary N) is 1. The molecule has 0 bridgehead atoms. The fraction of sp³-hybridized carbons (Fsp3) is 0.310. The van der Waals surface area contributed by atoms with E-state index in [2.05, 4.69) is 39.6 Å². The van der Waals surface area contributed by atoms with E-state index in [1.807, 2.05) is 62.4 Å². The summed E-state index contributed by atoms with van der Waals surface area (Å²) >= 11 is 0. The number of carbonyl (C=O) groups is 2. The average Bonchev–Trinajstić information content (AvgIpc) is 3.36. The van der Waals surface area contributed by atoms with Crippen molar-refractivity contribution in [3.05, 3.63) is 89.7 Å². The number of amides is 2. The van der Waals surface area contributed by atoms with Gasteiger partial charge < -0.3 is 5.32 Å². The van der Waals surface area contributed by atoms with Crippen molar-refractivity contribution in [2.75, 3.05) is 11.4 Å². The number of pyridine rings is 1. The van der Waals surface area contributed by atoms with E-state index < -0.39 is 6.04 Å². The molecule has 0 saturated carbocycles. The number of tetrazole rings is 1. The summed E-state index contributed by atoms with van der Waals surface area (Å²) in [6.45, 7) is 8.51. The first-order valence-electron chi connectivity index (χ1n) is 12.7. The van der Waals surface area contributed by atoms with Crippen LogP contribution in [0.5, 0.6) is 0 Å². The van der Waals surface area contributed by atoms with Crippen LogP contribution in [0.1, 0.15) is 43.0 Å². The number of rotatable bonds is 10. The largest absolute Gasteiger partial charge is 0.354 e. The Labute approximate surface area is 222 Å². The molecule has 2 amide bonds. The molecule has 2 aromatic heterocycles. The molecule has 9 nitrogen and oxygen atoms in total. The lowest BCUT2D eigenvalue weighted by atomic mass is 10.0. The maximum absolute atomic E-state index is 13.9. The first-order chi connectivity index (χ1) is 18.3. The highest BCUT2D eigenvalue weighted by Gasteiger charge is 2.33. The lowest BCUT2D eigenvalue weighted by Gasteiger charge is -2.31. The minimum atomic E-state index is -0.902. The average molecular weight is 512 g/mol. The van der Waals surface area contributed by atoms with Gasteiger partial charge in [-0.15, -0.1) is 10.2 Å². The van der Waals surface area contributed by atoms with Crippen LogP contribution in [0, 0.1) is 19.8 Å². The molecule has 0 radical (unpaired) electrons. The third kappa shape index (κ3) is 6.67. The van der Waals surface area contributed by atoms with Gasteiger partial charge in [-0.1, -0.05) is 61.4 Å². The smallest absolute Gasteiger partial charge is 0.251 e. The molecule has 0 saturated heterocycles. The lowest BCUT2D eigenvalue weighted by molar-refractivity contribution is -0.127. The molecule has 0 unspecified atom stereocenters. The first kappa shape index (κ1) is 26.7. The van der Waals surface area contributed by atoms with E-state index >= 15 is 0 Å². The van der Waals surface area contributed by atoms with Crippen molar-refractivity contribution in [2.24, 2.45) is 5.92 Å². The molecule has 0 spiro atoms. The summed E-state index contributed by atoms with van der Waals surface area (Å²) in [6.07, 6.45) is 4.07. The minimum absolute atomic E-state index is 0.187. The van der Waals surface area contributed by atoms with Crippen LogP contribution in [0.25, 0.3) is 11.4 Å². The molecule has 9 heteroatoms. The second-order valence-corrected chi connectivity index (χ2v) is 9.77. The Hall–Kier alpha value is -4.40. The Morgan fingerprint density at radius 1 is 0.921 bits per heavy atom. The van der Waals surface area contributed by atoms with Gasteiger partial charge in [0.05, 0.1) is 0 Å². The van der Waals surface area contributed by atoms with E-state index in [4.69, 9.17) is 0 Å². The monoisotopic (exact) mass is 511 g/mol. The molecular weight excluding hydrogens is 478 g/mol. The predicted molar refractivity (Wildman–Crippen MR) is 146 cm³/mol. The molecule has 4 rings (SSSR count). The molecule has 0 fully saturated rings. The normalized spacial score (nSPS) is 11.8. The van der Waals surface area contributed by atoms with E-state index in [-0.39, 0.29) is 18.4 Å².